The van der Waals surface area contributed by atoms with E-state index in [4.69, 9.17) is 4.74 Å². The summed E-state index contributed by atoms with van der Waals surface area (Å²) in [6.07, 6.45) is 8.46. The van der Waals surface area contributed by atoms with Gasteiger partial charge in [-0.05, 0) is 0 Å². The zero-order valence-electron chi connectivity index (χ0n) is 9.11. The average molecular weight is 210 g/mol. The molecule has 1 N–H and O–H groups in total. The highest BCUT2D eigenvalue weighted by Crippen LogP contribution is 2.32. The minimum atomic E-state index is -0.698. The number of methoxy groups -OCH3 is 1. The number of piperazine rings is 1. The second-order valence-corrected chi connectivity index (χ2v) is 4.13. The molecule has 0 saturated carbocycles. The number of hydroxylamine groups is 3. The fourth-order valence-corrected chi connectivity index (χ4v) is 2.34. The number of rotatable bonds is 2. The van der Waals surface area contributed by atoms with Gasteiger partial charge in [-0.15, -0.1) is 4.65 Å². The SMILES string of the molecule is COC1([N+]2([O])CCNCC2)C=CC=CC1. The Bertz CT molecular complexity index is 282. The maximum atomic E-state index is 12.7. The van der Waals surface area contributed by atoms with Crippen molar-refractivity contribution in [3.05, 3.63) is 24.3 Å². The van der Waals surface area contributed by atoms with E-state index < -0.39 is 5.72 Å². The first-order valence-electron chi connectivity index (χ1n) is 5.41. The van der Waals surface area contributed by atoms with Crippen LogP contribution < -0.4 is 5.32 Å². The molecule has 0 aromatic carbocycles. The largest absolute Gasteiger partial charge is 0.324 e. The summed E-state index contributed by atoms with van der Waals surface area (Å²) >= 11 is 0. The van der Waals surface area contributed by atoms with Gasteiger partial charge in [-0.3, -0.25) is 0 Å². The molecule has 0 bridgehead atoms. The molecule has 2 aliphatic rings. The molecule has 83 valence electrons. The number of nitrogens with one attached hydrogen (secondary N) is 1. The van der Waals surface area contributed by atoms with Crippen LogP contribution >= 0.6 is 0 Å². The van der Waals surface area contributed by atoms with Crippen molar-refractivity contribution in [3.63, 3.8) is 0 Å². The molecule has 1 heterocycles. The lowest BCUT2D eigenvalue weighted by molar-refractivity contribution is -1.17. The molecule has 0 amide bonds. The van der Waals surface area contributed by atoms with Crippen LogP contribution in [0.25, 0.3) is 0 Å². The summed E-state index contributed by atoms with van der Waals surface area (Å²) in [5, 5.41) is 15.9. The molecule has 0 aromatic rings. The van der Waals surface area contributed by atoms with E-state index in [1.807, 2.05) is 24.3 Å². The van der Waals surface area contributed by atoms with Gasteiger partial charge < -0.3 is 10.1 Å². The number of quaternary nitrogens is 1. The molecular formula is C11H18N2O2+. The zero-order chi connectivity index (χ0) is 10.8. The molecule has 1 aliphatic heterocycles. The van der Waals surface area contributed by atoms with Crippen molar-refractivity contribution in [1.82, 2.24) is 5.32 Å². The van der Waals surface area contributed by atoms with Crippen LogP contribution in [0.2, 0.25) is 0 Å². The lowest BCUT2D eigenvalue weighted by Crippen LogP contribution is -2.67. The average Bonchev–Trinajstić information content (AvgIpc) is 2.31. The highest BCUT2D eigenvalue weighted by Gasteiger charge is 2.52. The summed E-state index contributed by atoms with van der Waals surface area (Å²) in [4.78, 5) is 0. The molecule has 1 aliphatic carbocycles. The standard InChI is InChI=1S/C11H18N2O2/c1-15-11(5-3-2-4-6-11)13(14)9-7-12-8-10-13/h2-5,12H,6-10H2,1H3/q+1. The first-order valence-corrected chi connectivity index (χ1v) is 5.41. The predicted octanol–water partition coefficient (Wildman–Crippen LogP) is 0.611. The number of allylic oxidation sites excluding steroid dienone is 2. The molecular weight excluding hydrogens is 192 g/mol. The monoisotopic (exact) mass is 210 g/mol. The van der Waals surface area contributed by atoms with E-state index in [-0.39, 0.29) is 4.65 Å². The molecule has 2 rings (SSSR count). The topological polar surface area (TPSA) is 41.2 Å². The van der Waals surface area contributed by atoms with E-state index >= 15 is 0 Å². The van der Waals surface area contributed by atoms with E-state index in [0.29, 0.717) is 19.5 Å². The highest BCUT2D eigenvalue weighted by atomic mass is 16.6. The summed E-state index contributed by atoms with van der Waals surface area (Å²) in [6, 6.07) is 0. The van der Waals surface area contributed by atoms with Gasteiger partial charge in [0, 0.05) is 31.5 Å². The summed E-state index contributed by atoms with van der Waals surface area (Å²) in [7, 11) is 1.63. The number of nitrogens with zero attached hydrogens (tertiary/aromatic N) is 1. The van der Waals surface area contributed by atoms with Crippen molar-refractivity contribution in [3.8, 4) is 0 Å². The third-order valence-corrected chi connectivity index (χ3v) is 3.36. The number of hydrogen-bond acceptors (Lipinski definition) is 2. The molecule has 1 atom stereocenters. The third-order valence-electron chi connectivity index (χ3n) is 3.36. The van der Waals surface area contributed by atoms with Crippen LogP contribution in [0.15, 0.2) is 24.3 Å². The van der Waals surface area contributed by atoms with Crippen molar-refractivity contribution in [2.75, 3.05) is 33.3 Å². The molecule has 15 heavy (non-hydrogen) atoms. The molecule has 0 spiro atoms. The van der Waals surface area contributed by atoms with Crippen LogP contribution in [0, 0.1) is 0 Å². The van der Waals surface area contributed by atoms with Gasteiger partial charge in [0.05, 0.1) is 6.42 Å². The normalized spacial score (nSPS) is 34.3. The minimum absolute atomic E-state index is 0.267. The molecule has 1 fully saturated rings. The van der Waals surface area contributed by atoms with Gasteiger partial charge in [0.15, 0.2) is 0 Å². The Morgan fingerprint density at radius 1 is 1.33 bits per heavy atom. The molecule has 1 radical (unpaired) electrons. The summed E-state index contributed by atoms with van der Waals surface area (Å²) < 4.78 is 5.25. The van der Waals surface area contributed by atoms with Crippen molar-refractivity contribution < 1.29 is 14.6 Å². The Morgan fingerprint density at radius 3 is 2.60 bits per heavy atom. The maximum Gasteiger partial charge on any atom is 0.259 e. The van der Waals surface area contributed by atoms with Gasteiger partial charge in [0.2, 0.25) is 0 Å². The van der Waals surface area contributed by atoms with Crippen molar-refractivity contribution in [2.24, 2.45) is 0 Å². The second-order valence-electron chi connectivity index (χ2n) is 4.13. The van der Waals surface area contributed by atoms with E-state index in [2.05, 4.69) is 5.32 Å². The van der Waals surface area contributed by atoms with E-state index in [1.54, 1.807) is 7.11 Å². The molecule has 4 nitrogen and oxygen atoms in total. The maximum absolute atomic E-state index is 12.7. The van der Waals surface area contributed by atoms with Gasteiger partial charge in [-0.25, -0.2) is 0 Å². The fraction of sp³-hybridized carbons (Fsp3) is 0.636. The Labute approximate surface area is 90.4 Å². The predicted molar refractivity (Wildman–Crippen MR) is 56.2 cm³/mol. The van der Waals surface area contributed by atoms with Crippen molar-refractivity contribution in [1.29, 1.82) is 0 Å². The smallest absolute Gasteiger partial charge is 0.259 e. The second kappa shape index (κ2) is 4.06. The summed E-state index contributed by atoms with van der Waals surface area (Å²) in [5.41, 5.74) is -0.698. The van der Waals surface area contributed by atoms with Gasteiger partial charge >= 0.3 is 0 Å². The lowest BCUT2D eigenvalue weighted by atomic mass is 10.0. The van der Waals surface area contributed by atoms with Crippen LogP contribution in [0.1, 0.15) is 6.42 Å². The molecule has 1 unspecified atom stereocenters. The third kappa shape index (κ3) is 1.74. The molecule has 1 saturated heterocycles. The Kier molecular flexibility index (Phi) is 2.93. The van der Waals surface area contributed by atoms with Gasteiger partial charge in [-0.1, -0.05) is 18.2 Å². The van der Waals surface area contributed by atoms with E-state index in [9.17, 15) is 5.21 Å². The van der Waals surface area contributed by atoms with Crippen LogP contribution in [-0.4, -0.2) is 43.7 Å². The first kappa shape index (κ1) is 10.8. The Hall–Kier alpha value is -0.680. The van der Waals surface area contributed by atoms with Crippen LogP contribution in [0.5, 0.6) is 0 Å². The zero-order valence-corrected chi connectivity index (χ0v) is 9.11. The van der Waals surface area contributed by atoms with Crippen LogP contribution in [-0.2, 0) is 9.94 Å². The number of hydrogen-bond donors (Lipinski definition) is 1. The van der Waals surface area contributed by atoms with Crippen LogP contribution in [0.3, 0.4) is 0 Å². The Morgan fingerprint density at radius 2 is 2.07 bits per heavy atom. The quantitative estimate of drug-likeness (QED) is 0.678. The van der Waals surface area contributed by atoms with E-state index in [1.165, 1.54) is 0 Å². The van der Waals surface area contributed by atoms with E-state index in [0.717, 1.165) is 13.1 Å². The molecule has 4 heteroatoms. The fourth-order valence-electron chi connectivity index (χ4n) is 2.34. The van der Waals surface area contributed by atoms with Gasteiger partial charge in [0.25, 0.3) is 5.72 Å². The van der Waals surface area contributed by atoms with Gasteiger partial charge in [0.1, 0.15) is 13.1 Å². The number of ether oxygens (including phenoxy) is 1. The summed E-state index contributed by atoms with van der Waals surface area (Å²) in [6.45, 7) is 2.69. The van der Waals surface area contributed by atoms with Gasteiger partial charge in [-0.2, -0.15) is 0 Å². The van der Waals surface area contributed by atoms with Crippen LogP contribution in [0.4, 0.5) is 0 Å². The Balaban J connectivity index is 2.24. The van der Waals surface area contributed by atoms with Crippen molar-refractivity contribution >= 4 is 0 Å². The lowest BCUT2D eigenvalue weighted by Gasteiger charge is -2.44. The summed E-state index contributed by atoms with van der Waals surface area (Å²) in [5.74, 6) is 0. The highest BCUT2D eigenvalue weighted by molar-refractivity contribution is 5.15. The van der Waals surface area contributed by atoms with Crippen molar-refractivity contribution in [2.45, 2.75) is 12.1 Å². The molecule has 0 aromatic heterocycles. The first-order chi connectivity index (χ1) is 7.22. The minimum Gasteiger partial charge on any atom is -0.324 e.